The van der Waals surface area contributed by atoms with Gasteiger partial charge in [0, 0.05) is 38.7 Å². The molecule has 0 unspecified atom stereocenters. The molecule has 0 fully saturated rings. The van der Waals surface area contributed by atoms with Gasteiger partial charge in [-0.1, -0.05) is 0 Å². The maximum atomic E-state index is 8.90. The summed E-state index contributed by atoms with van der Waals surface area (Å²) in [6, 6.07) is 19.7. The van der Waals surface area contributed by atoms with Gasteiger partial charge in [-0.05, 0) is 48.6 Å². The van der Waals surface area contributed by atoms with Gasteiger partial charge in [0.2, 0.25) is 0 Å². The predicted octanol–water partition coefficient (Wildman–Crippen LogP) is 7.28. The molecular formula is C22H8N4S4. The standard InChI is InChI=1S/C22H8N4S4/c23-9-13(10-24)5-15-1-3-17(27-15)19-7-21-22(29-19)8-20(30-21)18-4-2-16(28-18)6-14(11-25)12-26/h1-8H. The Labute approximate surface area is 188 Å². The molecule has 0 aromatic carbocycles. The summed E-state index contributed by atoms with van der Waals surface area (Å²) >= 11 is 6.54. The SMILES string of the molecule is N#CC(C#N)=Cc1ccc(-c2cc3sc(-c4ccc(C=C(C#N)C#N)s4)cc3s2)s1. The molecule has 140 valence electrons. The van der Waals surface area contributed by atoms with Crippen LogP contribution in [0.15, 0.2) is 47.5 Å². The maximum Gasteiger partial charge on any atom is 0.131 e. The average Bonchev–Trinajstić information content (AvgIpc) is 3.52. The van der Waals surface area contributed by atoms with Crippen LogP contribution >= 0.6 is 45.3 Å². The Morgan fingerprint density at radius 3 is 1.33 bits per heavy atom. The van der Waals surface area contributed by atoms with E-state index < -0.39 is 0 Å². The van der Waals surface area contributed by atoms with Crippen LogP contribution < -0.4 is 0 Å². The fraction of sp³-hybridized carbons (Fsp3) is 0. The summed E-state index contributed by atoms with van der Waals surface area (Å²) in [5.41, 5.74) is 0.198. The van der Waals surface area contributed by atoms with Gasteiger partial charge in [-0.25, -0.2) is 0 Å². The minimum absolute atomic E-state index is 0.0991. The van der Waals surface area contributed by atoms with E-state index >= 15 is 0 Å². The minimum Gasteiger partial charge on any atom is -0.192 e. The Hall–Kier alpha value is -3.50. The quantitative estimate of drug-likeness (QED) is 0.301. The van der Waals surface area contributed by atoms with Gasteiger partial charge in [-0.2, -0.15) is 21.0 Å². The van der Waals surface area contributed by atoms with E-state index in [1.54, 1.807) is 57.5 Å². The monoisotopic (exact) mass is 456 g/mol. The highest BCUT2D eigenvalue weighted by atomic mass is 32.1. The summed E-state index contributed by atoms with van der Waals surface area (Å²) in [4.78, 5) is 6.30. The largest absolute Gasteiger partial charge is 0.192 e. The molecule has 4 heterocycles. The fourth-order valence-electron chi connectivity index (χ4n) is 2.67. The third-order valence-corrected chi connectivity index (χ3v) is 8.75. The first-order valence-electron chi connectivity index (χ1n) is 8.41. The summed E-state index contributed by atoms with van der Waals surface area (Å²) < 4.78 is 2.40. The van der Waals surface area contributed by atoms with Gasteiger partial charge in [-0.3, -0.25) is 0 Å². The first-order chi connectivity index (χ1) is 14.6. The van der Waals surface area contributed by atoms with Crippen molar-refractivity contribution < 1.29 is 0 Å². The Morgan fingerprint density at radius 2 is 0.967 bits per heavy atom. The molecule has 0 atom stereocenters. The van der Waals surface area contributed by atoms with E-state index in [4.69, 9.17) is 21.0 Å². The van der Waals surface area contributed by atoms with E-state index in [-0.39, 0.29) is 11.1 Å². The molecule has 0 aliphatic carbocycles. The summed E-state index contributed by atoms with van der Waals surface area (Å²) in [5.74, 6) is 0. The van der Waals surface area contributed by atoms with Crippen molar-refractivity contribution in [2.75, 3.05) is 0 Å². The van der Waals surface area contributed by atoms with Gasteiger partial charge < -0.3 is 0 Å². The Kier molecular flexibility index (Phi) is 5.59. The molecule has 0 radical (unpaired) electrons. The molecule has 0 saturated heterocycles. The van der Waals surface area contributed by atoms with Crippen molar-refractivity contribution in [2.45, 2.75) is 0 Å². The highest BCUT2D eigenvalue weighted by molar-refractivity contribution is 7.33. The zero-order chi connectivity index (χ0) is 21.1. The third kappa shape index (κ3) is 3.95. The lowest BCUT2D eigenvalue weighted by atomic mass is 10.3. The van der Waals surface area contributed by atoms with E-state index in [1.165, 1.54) is 9.40 Å². The highest BCUT2D eigenvalue weighted by Gasteiger charge is 2.12. The van der Waals surface area contributed by atoms with Crippen molar-refractivity contribution in [2.24, 2.45) is 0 Å². The highest BCUT2D eigenvalue weighted by Crippen LogP contribution is 2.44. The number of nitrogens with zero attached hydrogens (tertiary/aromatic N) is 4. The molecule has 30 heavy (non-hydrogen) atoms. The molecule has 4 aromatic heterocycles. The number of hydrogen-bond acceptors (Lipinski definition) is 8. The van der Waals surface area contributed by atoms with E-state index in [2.05, 4.69) is 12.1 Å². The number of allylic oxidation sites excluding steroid dienone is 2. The molecular weight excluding hydrogens is 449 g/mol. The molecule has 0 aliphatic rings. The summed E-state index contributed by atoms with van der Waals surface area (Å²) in [6.45, 7) is 0. The second-order valence-corrected chi connectivity index (χ2v) is 10.3. The maximum absolute atomic E-state index is 8.90. The Balaban J connectivity index is 1.61. The van der Waals surface area contributed by atoms with Crippen LogP contribution in [0.3, 0.4) is 0 Å². The second-order valence-electron chi connectivity index (χ2n) is 5.92. The number of thiophene rings is 4. The van der Waals surface area contributed by atoms with Crippen LogP contribution in [0.5, 0.6) is 0 Å². The molecule has 0 spiro atoms. The molecule has 8 heteroatoms. The van der Waals surface area contributed by atoms with Gasteiger partial charge in [0.05, 0.1) is 0 Å². The second kappa shape index (κ2) is 8.47. The smallest absolute Gasteiger partial charge is 0.131 e. The van der Waals surface area contributed by atoms with Gasteiger partial charge in [0.15, 0.2) is 0 Å². The van der Waals surface area contributed by atoms with Crippen LogP contribution in [0, 0.1) is 45.3 Å². The number of nitriles is 4. The van der Waals surface area contributed by atoms with E-state index in [9.17, 15) is 0 Å². The lowest BCUT2D eigenvalue weighted by Gasteiger charge is -1.90. The van der Waals surface area contributed by atoms with Crippen LogP contribution in [-0.4, -0.2) is 0 Å². The molecule has 0 saturated carbocycles. The third-order valence-electron chi connectivity index (χ3n) is 4.00. The molecule has 0 amide bonds. The molecule has 0 N–H and O–H groups in total. The van der Waals surface area contributed by atoms with Gasteiger partial charge in [0.25, 0.3) is 0 Å². The molecule has 4 nitrogen and oxygen atoms in total. The molecule has 4 rings (SSSR count). The van der Waals surface area contributed by atoms with Crippen LogP contribution in [0.4, 0.5) is 0 Å². The molecule has 0 bridgehead atoms. The zero-order valence-corrected chi connectivity index (χ0v) is 18.3. The van der Waals surface area contributed by atoms with Gasteiger partial charge >= 0.3 is 0 Å². The summed E-state index contributed by atoms with van der Waals surface area (Å²) in [5, 5.41) is 35.6. The zero-order valence-electron chi connectivity index (χ0n) is 15.0. The lowest BCUT2D eigenvalue weighted by molar-refractivity contribution is 1.47. The van der Waals surface area contributed by atoms with Crippen LogP contribution in [-0.2, 0) is 0 Å². The van der Waals surface area contributed by atoms with Crippen LogP contribution in [0.2, 0.25) is 0 Å². The van der Waals surface area contributed by atoms with Crippen LogP contribution in [0.1, 0.15) is 9.75 Å². The topological polar surface area (TPSA) is 95.2 Å². The lowest BCUT2D eigenvalue weighted by Crippen LogP contribution is -1.68. The van der Waals surface area contributed by atoms with E-state index in [0.29, 0.717) is 0 Å². The van der Waals surface area contributed by atoms with E-state index in [0.717, 1.165) is 29.3 Å². The van der Waals surface area contributed by atoms with Crippen molar-refractivity contribution in [3.63, 3.8) is 0 Å². The van der Waals surface area contributed by atoms with Crippen molar-refractivity contribution >= 4 is 66.9 Å². The van der Waals surface area contributed by atoms with Crippen LogP contribution in [0.25, 0.3) is 41.1 Å². The van der Waals surface area contributed by atoms with Crippen molar-refractivity contribution in [1.82, 2.24) is 0 Å². The molecule has 0 aliphatic heterocycles. The first kappa shape index (κ1) is 19.8. The number of fused-ring (bicyclic) bond motifs is 1. The van der Waals surface area contributed by atoms with Crippen molar-refractivity contribution in [3.05, 3.63) is 57.3 Å². The summed E-state index contributed by atoms with van der Waals surface area (Å²) in [7, 11) is 0. The van der Waals surface area contributed by atoms with Gasteiger partial charge in [0.1, 0.15) is 35.4 Å². The minimum atomic E-state index is 0.0991. The van der Waals surface area contributed by atoms with Crippen molar-refractivity contribution in [1.29, 1.82) is 21.0 Å². The Morgan fingerprint density at radius 1 is 0.567 bits per heavy atom. The average molecular weight is 457 g/mol. The predicted molar refractivity (Wildman–Crippen MR) is 125 cm³/mol. The fourth-order valence-corrected chi connectivity index (χ4v) is 7.13. The Bertz CT molecular complexity index is 1320. The normalized spacial score (nSPS) is 9.87. The van der Waals surface area contributed by atoms with E-state index in [1.807, 2.05) is 48.5 Å². The molecule has 4 aromatic rings. The number of rotatable bonds is 4. The van der Waals surface area contributed by atoms with Gasteiger partial charge in [-0.15, -0.1) is 45.3 Å². The summed E-state index contributed by atoms with van der Waals surface area (Å²) in [6.07, 6.45) is 3.21. The number of hydrogen-bond donors (Lipinski definition) is 0. The first-order valence-corrected chi connectivity index (χ1v) is 11.7. The van der Waals surface area contributed by atoms with Crippen molar-refractivity contribution in [3.8, 4) is 43.8 Å².